The topological polar surface area (TPSA) is 63.7 Å². The van der Waals surface area contributed by atoms with E-state index in [1.54, 1.807) is 18.2 Å². The van der Waals surface area contributed by atoms with Gasteiger partial charge in [-0.1, -0.05) is 25.5 Å². The molecule has 5 heteroatoms. The number of amides is 2. The Morgan fingerprint density at radius 2 is 1.80 bits per heavy atom. The monoisotopic (exact) mass is 337 g/mol. The van der Waals surface area contributed by atoms with Gasteiger partial charge in [0.2, 0.25) is 0 Å². The van der Waals surface area contributed by atoms with Gasteiger partial charge in [-0.05, 0) is 49.2 Å². The van der Waals surface area contributed by atoms with Crippen LogP contribution in [0.5, 0.6) is 5.75 Å². The Morgan fingerprint density at radius 1 is 1.04 bits per heavy atom. The van der Waals surface area contributed by atoms with Crippen LogP contribution in [0.25, 0.3) is 0 Å². The third-order valence-electron chi connectivity index (χ3n) is 4.14. The van der Waals surface area contributed by atoms with Gasteiger partial charge in [0, 0.05) is 6.54 Å². The molecule has 0 unspecified atom stereocenters. The molecule has 0 fully saturated rings. The smallest absolute Gasteiger partial charge is 0.343 e. The summed E-state index contributed by atoms with van der Waals surface area (Å²) in [5.41, 5.74) is 1.83. The van der Waals surface area contributed by atoms with Gasteiger partial charge in [-0.3, -0.25) is 14.5 Å². The van der Waals surface area contributed by atoms with Gasteiger partial charge < -0.3 is 4.74 Å². The van der Waals surface area contributed by atoms with Crippen LogP contribution in [0.2, 0.25) is 0 Å². The Bertz CT molecular complexity index is 857. The van der Waals surface area contributed by atoms with Crippen LogP contribution >= 0.6 is 0 Å². The Kier molecular flexibility index (Phi) is 4.65. The molecule has 2 aromatic rings. The largest absolute Gasteiger partial charge is 0.423 e. The van der Waals surface area contributed by atoms with E-state index in [1.165, 1.54) is 23.1 Å². The molecule has 1 heterocycles. The maximum absolute atomic E-state index is 12.4. The summed E-state index contributed by atoms with van der Waals surface area (Å²) in [6, 6.07) is 11.6. The van der Waals surface area contributed by atoms with Gasteiger partial charge in [0.15, 0.2) is 0 Å². The fourth-order valence-electron chi connectivity index (χ4n) is 2.78. The van der Waals surface area contributed by atoms with E-state index in [-0.39, 0.29) is 22.9 Å². The number of esters is 1. The SMILES string of the molecule is CCCCN1C(=O)c2ccc(C(=O)Oc3cccc(C)c3)cc2C1=O. The van der Waals surface area contributed by atoms with E-state index in [0.29, 0.717) is 17.9 Å². The molecular weight excluding hydrogens is 318 g/mol. The Hall–Kier alpha value is -2.95. The number of ether oxygens (including phenoxy) is 1. The minimum atomic E-state index is -0.555. The standard InChI is InChI=1S/C20H19NO4/c1-3-4-10-21-18(22)16-9-8-14(12-17(16)19(21)23)20(24)25-15-7-5-6-13(2)11-15/h5-9,11-12H,3-4,10H2,1-2H3. The second kappa shape index (κ2) is 6.89. The highest BCUT2D eigenvalue weighted by atomic mass is 16.5. The average molecular weight is 337 g/mol. The molecule has 2 aromatic carbocycles. The van der Waals surface area contributed by atoms with E-state index in [4.69, 9.17) is 4.74 Å². The van der Waals surface area contributed by atoms with Crippen molar-refractivity contribution in [3.63, 3.8) is 0 Å². The molecule has 3 rings (SSSR count). The number of benzene rings is 2. The summed E-state index contributed by atoms with van der Waals surface area (Å²) < 4.78 is 5.35. The molecule has 2 amide bonds. The highest BCUT2D eigenvalue weighted by Gasteiger charge is 2.35. The summed E-state index contributed by atoms with van der Waals surface area (Å²) in [7, 11) is 0. The van der Waals surface area contributed by atoms with Gasteiger partial charge in [0.25, 0.3) is 11.8 Å². The number of nitrogens with zero attached hydrogens (tertiary/aromatic N) is 1. The zero-order valence-electron chi connectivity index (χ0n) is 14.2. The molecule has 25 heavy (non-hydrogen) atoms. The van der Waals surface area contributed by atoms with Crippen LogP contribution < -0.4 is 4.74 Å². The maximum Gasteiger partial charge on any atom is 0.343 e. The molecule has 5 nitrogen and oxygen atoms in total. The van der Waals surface area contributed by atoms with Gasteiger partial charge >= 0.3 is 5.97 Å². The van der Waals surface area contributed by atoms with Gasteiger partial charge in [-0.2, -0.15) is 0 Å². The van der Waals surface area contributed by atoms with Crippen LogP contribution in [0.15, 0.2) is 42.5 Å². The van der Waals surface area contributed by atoms with Crippen molar-refractivity contribution in [1.82, 2.24) is 4.90 Å². The zero-order chi connectivity index (χ0) is 18.0. The summed E-state index contributed by atoms with van der Waals surface area (Å²) in [6.07, 6.45) is 1.65. The Labute approximate surface area is 146 Å². The number of rotatable bonds is 5. The number of hydrogen-bond acceptors (Lipinski definition) is 4. The second-order valence-corrected chi connectivity index (χ2v) is 6.08. The predicted octanol–water partition coefficient (Wildman–Crippen LogP) is 3.61. The number of carbonyl (C=O) groups is 3. The fourth-order valence-corrected chi connectivity index (χ4v) is 2.78. The van der Waals surface area contributed by atoms with Crippen molar-refractivity contribution in [3.05, 3.63) is 64.7 Å². The molecule has 0 aromatic heterocycles. The van der Waals surface area contributed by atoms with Crippen molar-refractivity contribution in [3.8, 4) is 5.75 Å². The van der Waals surface area contributed by atoms with E-state index < -0.39 is 5.97 Å². The first-order valence-electron chi connectivity index (χ1n) is 8.30. The molecule has 1 aliphatic rings. The van der Waals surface area contributed by atoms with E-state index >= 15 is 0 Å². The first-order valence-corrected chi connectivity index (χ1v) is 8.30. The van der Waals surface area contributed by atoms with Crippen LogP contribution in [0.1, 0.15) is 56.4 Å². The normalized spacial score (nSPS) is 13.1. The van der Waals surface area contributed by atoms with Crippen LogP contribution in [0.4, 0.5) is 0 Å². The number of imide groups is 1. The molecule has 1 aliphatic heterocycles. The minimum absolute atomic E-state index is 0.249. The summed E-state index contributed by atoms with van der Waals surface area (Å²) in [6.45, 7) is 4.30. The molecule has 128 valence electrons. The lowest BCUT2D eigenvalue weighted by atomic mass is 10.1. The van der Waals surface area contributed by atoms with Gasteiger partial charge in [0.05, 0.1) is 16.7 Å². The average Bonchev–Trinajstić information content (AvgIpc) is 2.83. The highest BCUT2D eigenvalue weighted by Crippen LogP contribution is 2.25. The molecule has 0 aliphatic carbocycles. The Morgan fingerprint density at radius 3 is 2.52 bits per heavy atom. The second-order valence-electron chi connectivity index (χ2n) is 6.08. The molecule has 0 N–H and O–H groups in total. The molecule has 0 bridgehead atoms. The first-order chi connectivity index (χ1) is 12.0. The van der Waals surface area contributed by atoms with Crippen LogP contribution in [-0.4, -0.2) is 29.2 Å². The lowest BCUT2D eigenvalue weighted by Gasteiger charge is -2.12. The Balaban J connectivity index is 1.83. The quantitative estimate of drug-likeness (QED) is 0.475. The van der Waals surface area contributed by atoms with E-state index in [2.05, 4.69) is 0 Å². The number of fused-ring (bicyclic) bond motifs is 1. The van der Waals surface area contributed by atoms with Crippen LogP contribution in [-0.2, 0) is 0 Å². The molecule has 0 saturated carbocycles. The van der Waals surface area contributed by atoms with Crippen LogP contribution in [0, 0.1) is 6.92 Å². The van der Waals surface area contributed by atoms with E-state index in [9.17, 15) is 14.4 Å². The van der Waals surface area contributed by atoms with Crippen molar-refractivity contribution >= 4 is 17.8 Å². The molecule has 0 atom stereocenters. The summed E-state index contributed by atoms with van der Waals surface area (Å²) in [5.74, 6) is -0.760. The van der Waals surface area contributed by atoms with E-state index in [1.807, 2.05) is 19.9 Å². The number of hydrogen-bond donors (Lipinski definition) is 0. The highest BCUT2D eigenvalue weighted by molar-refractivity contribution is 6.22. The predicted molar refractivity (Wildman–Crippen MR) is 92.9 cm³/mol. The van der Waals surface area contributed by atoms with Gasteiger partial charge in [-0.15, -0.1) is 0 Å². The lowest BCUT2D eigenvalue weighted by Crippen LogP contribution is -2.30. The number of carbonyl (C=O) groups excluding carboxylic acids is 3. The third-order valence-corrected chi connectivity index (χ3v) is 4.14. The van der Waals surface area contributed by atoms with Gasteiger partial charge in [-0.25, -0.2) is 4.79 Å². The van der Waals surface area contributed by atoms with Crippen molar-refractivity contribution in [2.45, 2.75) is 26.7 Å². The summed E-state index contributed by atoms with van der Waals surface area (Å²) >= 11 is 0. The van der Waals surface area contributed by atoms with Crippen molar-refractivity contribution < 1.29 is 19.1 Å². The fraction of sp³-hybridized carbons (Fsp3) is 0.250. The molecule has 0 saturated heterocycles. The maximum atomic E-state index is 12.4. The molecular formula is C20H19NO4. The van der Waals surface area contributed by atoms with Crippen LogP contribution in [0.3, 0.4) is 0 Å². The lowest BCUT2D eigenvalue weighted by molar-refractivity contribution is 0.0651. The zero-order valence-corrected chi connectivity index (χ0v) is 14.2. The first kappa shape index (κ1) is 16.9. The third kappa shape index (κ3) is 3.31. The minimum Gasteiger partial charge on any atom is -0.423 e. The van der Waals surface area contributed by atoms with Gasteiger partial charge in [0.1, 0.15) is 5.75 Å². The molecule has 0 radical (unpaired) electrons. The molecule has 0 spiro atoms. The van der Waals surface area contributed by atoms with Crippen molar-refractivity contribution in [2.75, 3.05) is 6.54 Å². The van der Waals surface area contributed by atoms with Crippen molar-refractivity contribution in [2.24, 2.45) is 0 Å². The van der Waals surface area contributed by atoms with E-state index in [0.717, 1.165) is 18.4 Å². The number of unbranched alkanes of at least 4 members (excludes halogenated alkanes) is 1. The van der Waals surface area contributed by atoms with Crippen molar-refractivity contribution in [1.29, 1.82) is 0 Å². The number of aryl methyl sites for hydroxylation is 1. The summed E-state index contributed by atoms with van der Waals surface area (Å²) in [5, 5.41) is 0. The summed E-state index contributed by atoms with van der Waals surface area (Å²) in [4.78, 5) is 38.3.